The zero-order valence-electron chi connectivity index (χ0n) is 26.4. The second-order valence-electron chi connectivity index (χ2n) is 11.6. The molecule has 4 heteroatoms. The summed E-state index contributed by atoms with van der Waals surface area (Å²) in [5.41, 5.74) is 11.6. The van der Waals surface area contributed by atoms with Crippen LogP contribution in [0, 0.1) is 0 Å². The van der Waals surface area contributed by atoms with Gasteiger partial charge in [-0.25, -0.2) is 4.21 Å². The number of nitrogens with zero attached hydrogens (tertiary/aromatic N) is 1. The second-order valence-corrected chi connectivity index (χ2v) is 13.0. The summed E-state index contributed by atoms with van der Waals surface area (Å²) in [4.78, 5) is 6.49. The van der Waals surface area contributed by atoms with Gasteiger partial charge in [-0.05, 0) is 72.5 Å². The summed E-state index contributed by atoms with van der Waals surface area (Å²) in [7, 11) is -1.24. The van der Waals surface area contributed by atoms with E-state index in [0.717, 1.165) is 76.4 Å². The summed E-state index contributed by atoms with van der Waals surface area (Å²) in [5.74, 6) is 0. The van der Waals surface area contributed by atoms with Gasteiger partial charge in [0.2, 0.25) is 0 Å². The third-order valence-corrected chi connectivity index (χ3v) is 9.95. The molecule has 228 valence electrons. The van der Waals surface area contributed by atoms with E-state index in [2.05, 4.69) is 61.7 Å². The second kappa shape index (κ2) is 12.7. The van der Waals surface area contributed by atoms with Crippen molar-refractivity contribution in [2.45, 2.75) is 23.6 Å². The number of benzene rings is 6. The first-order valence-electron chi connectivity index (χ1n) is 15.5. The summed E-state index contributed by atoms with van der Waals surface area (Å²) in [6.07, 6.45) is 0. The lowest BCUT2D eigenvalue weighted by atomic mass is 9.94. The molecular formula is C43H33NO2S. The molecule has 1 aliphatic heterocycles. The topological polar surface area (TPSA) is 42.6 Å². The minimum absolute atomic E-state index is 0.702. The van der Waals surface area contributed by atoms with Crippen molar-refractivity contribution in [3.05, 3.63) is 169 Å². The molecule has 0 spiro atoms. The molecule has 2 heterocycles. The van der Waals surface area contributed by atoms with Gasteiger partial charge in [0, 0.05) is 33.2 Å². The van der Waals surface area contributed by atoms with Gasteiger partial charge in [-0.3, -0.25) is 4.99 Å². The molecule has 0 aliphatic carbocycles. The van der Waals surface area contributed by atoms with Crippen LogP contribution in [0.1, 0.15) is 30.5 Å². The highest BCUT2D eigenvalue weighted by Gasteiger charge is 2.29. The van der Waals surface area contributed by atoms with Crippen LogP contribution < -0.4 is 0 Å². The minimum Gasteiger partial charge on any atom is -0.456 e. The van der Waals surface area contributed by atoms with Gasteiger partial charge in [-0.15, -0.1) is 0 Å². The van der Waals surface area contributed by atoms with E-state index in [9.17, 15) is 4.21 Å². The van der Waals surface area contributed by atoms with Crippen molar-refractivity contribution >= 4 is 49.7 Å². The lowest BCUT2D eigenvalue weighted by Gasteiger charge is -2.11. The fourth-order valence-electron chi connectivity index (χ4n) is 6.04. The Kier molecular flexibility index (Phi) is 8.11. The van der Waals surface area contributed by atoms with E-state index in [0.29, 0.717) is 5.70 Å². The lowest BCUT2D eigenvalue weighted by molar-refractivity contribution is 0.669. The molecule has 1 atom stereocenters. The van der Waals surface area contributed by atoms with Crippen molar-refractivity contribution in [2.24, 2.45) is 4.99 Å². The predicted molar refractivity (Wildman–Crippen MR) is 198 cm³/mol. The predicted octanol–water partition coefficient (Wildman–Crippen LogP) is 11.6. The quantitative estimate of drug-likeness (QED) is 0.178. The molecule has 0 saturated heterocycles. The van der Waals surface area contributed by atoms with Crippen LogP contribution in [0.3, 0.4) is 0 Å². The number of para-hydroxylation sites is 1. The van der Waals surface area contributed by atoms with Gasteiger partial charge in [-0.2, -0.15) is 0 Å². The van der Waals surface area contributed by atoms with Gasteiger partial charge in [0.05, 0.1) is 26.3 Å². The van der Waals surface area contributed by atoms with Crippen LogP contribution in [0.2, 0.25) is 0 Å². The monoisotopic (exact) mass is 627 g/mol. The van der Waals surface area contributed by atoms with Crippen LogP contribution in [0.5, 0.6) is 0 Å². The maximum absolute atomic E-state index is 13.5. The summed E-state index contributed by atoms with van der Waals surface area (Å²) in [6, 6.07) is 46.7. The molecule has 7 aromatic rings. The van der Waals surface area contributed by atoms with Gasteiger partial charge < -0.3 is 4.42 Å². The van der Waals surface area contributed by atoms with E-state index in [4.69, 9.17) is 9.41 Å². The Bertz CT molecular complexity index is 2360. The highest BCUT2D eigenvalue weighted by atomic mass is 32.2. The summed E-state index contributed by atoms with van der Waals surface area (Å²) in [5, 5.41) is 2.22. The van der Waals surface area contributed by atoms with Crippen molar-refractivity contribution in [1.29, 1.82) is 0 Å². The Morgan fingerprint density at radius 1 is 0.617 bits per heavy atom. The van der Waals surface area contributed by atoms with E-state index in [-0.39, 0.29) is 0 Å². The van der Waals surface area contributed by atoms with Crippen molar-refractivity contribution < 1.29 is 8.63 Å². The molecule has 1 aliphatic rings. The molecule has 8 rings (SSSR count). The van der Waals surface area contributed by atoms with E-state index in [1.54, 1.807) is 0 Å². The number of allylic oxidation sites excluding steroid dienone is 1. The van der Waals surface area contributed by atoms with Crippen molar-refractivity contribution in [2.75, 3.05) is 0 Å². The van der Waals surface area contributed by atoms with E-state index < -0.39 is 10.8 Å². The molecule has 1 unspecified atom stereocenters. The van der Waals surface area contributed by atoms with Gasteiger partial charge in [0.1, 0.15) is 11.2 Å². The highest BCUT2D eigenvalue weighted by molar-refractivity contribution is 7.85. The molecule has 0 saturated carbocycles. The Balaban J connectivity index is 0.000000340. The number of furan rings is 1. The Hall–Kier alpha value is -5.58. The molecule has 6 aromatic carbocycles. The molecule has 0 fully saturated rings. The smallest absolute Gasteiger partial charge is 0.136 e. The molecule has 0 radical (unpaired) electrons. The molecular weight excluding hydrogens is 595 g/mol. The third kappa shape index (κ3) is 5.80. The summed E-state index contributed by atoms with van der Waals surface area (Å²) >= 11 is 0. The average molecular weight is 628 g/mol. The summed E-state index contributed by atoms with van der Waals surface area (Å²) < 4.78 is 19.6. The average Bonchev–Trinajstić information content (AvgIpc) is 3.63. The number of aliphatic imine (C=N–C) groups is 1. The zero-order valence-corrected chi connectivity index (χ0v) is 27.2. The number of hydrogen-bond donors (Lipinski definition) is 0. The van der Waals surface area contributed by atoms with E-state index in [1.807, 2.05) is 105 Å². The fourth-order valence-corrected chi connectivity index (χ4v) is 7.43. The SMILES string of the molecule is C=C(C)c1ccccc1.C=C(N=C(C)c1cccc2c1-c1cc(-c3ccc4c(c3)oc3ccccc34)ccc1S2=O)c1ccccc1. The molecule has 1 aromatic heterocycles. The maximum atomic E-state index is 13.5. The van der Waals surface area contributed by atoms with Crippen LogP contribution in [0.15, 0.2) is 172 Å². The number of fused-ring (bicyclic) bond motifs is 6. The molecule has 3 nitrogen and oxygen atoms in total. The summed E-state index contributed by atoms with van der Waals surface area (Å²) in [6.45, 7) is 12.0. The Morgan fingerprint density at radius 3 is 1.98 bits per heavy atom. The van der Waals surface area contributed by atoms with Crippen molar-refractivity contribution in [1.82, 2.24) is 0 Å². The maximum Gasteiger partial charge on any atom is 0.136 e. The molecule has 0 bridgehead atoms. The normalized spacial score (nSPS) is 13.5. The molecule has 0 amide bonds. The number of hydrogen-bond acceptors (Lipinski definition) is 3. The first-order valence-corrected chi connectivity index (χ1v) is 16.7. The van der Waals surface area contributed by atoms with Crippen LogP contribution >= 0.6 is 0 Å². The first-order chi connectivity index (χ1) is 22.9. The third-order valence-electron chi connectivity index (χ3n) is 8.45. The zero-order chi connectivity index (χ0) is 32.5. The molecule has 47 heavy (non-hydrogen) atoms. The van der Waals surface area contributed by atoms with E-state index in [1.165, 1.54) is 5.56 Å². The van der Waals surface area contributed by atoms with Crippen LogP contribution in [0.25, 0.3) is 55.5 Å². The fraction of sp³-hybridized carbons (Fsp3) is 0.0465. The van der Waals surface area contributed by atoms with Gasteiger partial charge in [-0.1, -0.05) is 122 Å². The van der Waals surface area contributed by atoms with Crippen LogP contribution in [-0.4, -0.2) is 9.92 Å². The lowest BCUT2D eigenvalue weighted by Crippen LogP contribution is -1.99. The number of rotatable bonds is 5. The van der Waals surface area contributed by atoms with Crippen molar-refractivity contribution in [3.8, 4) is 22.3 Å². The molecule has 0 N–H and O–H groups in total. The van der Waals surface area contributed by atoms with Crippen LogP contribution in [-0.2, 0) is 10.8 Å². The largest absolute Gasteiger partial charge is 0.456 e. The Labute approximate surface area is 277 Å². The van der Waals surface area contributed by atoms with E-state index >= 15 is 0 Å². The van der Waals surface area contributed by atoms with Gasteiger partial charge >= 0.3 is 0 Å². The Morgan fingerprint density at radius 2 is 1.26 bits per heavy atom. The van der Waals surface area contributed by atoms with Gasteiger partial charge in [0.25, 0.3) is 0 Å². The standard InChI is InChI=1S/C34H23NO2S.C9H10/c1-21(23-9-4-3-5-10-23)35-22(2)26-12-8-14-33-34(26)29-19-24(16-18-32(29)38(33)36)25-15-17-28-27-11-6-7-13-30(27)37-31(28)20-25;1-8(2)9-6-4-3-5-7-9/h3-20H,1H2,2H3;3-7H,1H2,2H3. The minimum atomic E-state index is -1.24. The first kappa shape index (κ1) is 30.1. The highest BCUT2D eigenvalue weighted by Crippen LogP contribution is 2.45. The van der Waals surface area contributed by atoms with Crippen molar-refractivity contribution in [3.63, 3.8) is 0 Å². The van der Waals surface area contributed by atoms with Gasteiger partial charge in [0.15, 0.2) is 0 Å². The van der Waals surface area contributed by atoms with Crippen LogP contribution in [0.4, 0.5) is 0 Å².